The second kappa shape index (κ2) is 7.52. The van der Waals surface area contributed by atoms with Crippen molar-refractivity contribution in [2.75, 3.05) is 52.7 Å². The van der Waals surface area contributed by atoms with Crippen LogP contribution in [-0.2, 0) is 4.74 Å². The van der Waals surface area contributed by atoms with Crippen LogP contribution in [-0.4, -0.2) is 57.6 Å². The highest BCUT2D eigenvalue weighted by atomic mass is 16.6. The van der Waals surface area contributed by atoms with Crippen LogP contribution in [0.1, 0.15) is 12.8 Å². The minimum Gasteiger partial charge on any atom is -0.490 e. The lowest BCUT2D eigenvalue weighted by molar-refractivity contribution is 0.0367. The maximum absolute atomic E-state index is 5.85. The summed E-state index contributed by atoms with van der Waals surface area (Å²) < 4.78 is 22.4. The Morgan fingerprint density at radius 2 is 1.86 bits per heavy atom. The second-order valence-electron chi connectivity index (χ2n) is 5.29. The number of para-hydroxylation sites is 1. The number of unbranched alkanes of at least 4 members (excludes halogenated alkanes) is 1. The molecule has 0 unspecified atom stereocenters. The van der Waals surface area contributed by atoms with Gasteiger partial charge in [0.05, 0.1) is 19.8 Å². The molecule has 0 atom stereocenters. The molecule has 2 aliphatic heterocycles. The maximum Gasteiger partial charge on any atom is 0.203 e. The van der Waals surface area contributed by atoms with Gasteiger partial charge in [0.25, 0.3) is 0 Å². The van der Waals surface area contributed by atoms with Gasteiger partial charge < -0.3 is 18.9 Å². The van der Waals surface area contributed by atoms with Gasteiger partial charge in [-0.3, -0.25) is 4.90 Å². The first kappa shape index (κ1) is 14.5. The smallest absolute Gasteiger partial charge is 0.203 e. The standard InChI is InChI=1S/C16H23NO4/c1(6-17-7-10-18-11-8-17)2-9-19-14-4-3-5-15-16(14)21-13-12-20-15/h3-5H,1-2,6-13H2. The van der Waals surface area contributed by atoms with Gasteiger partial charge in [0.2, 0.25) is 5.75 Å². The summed E-state index contributed by atoms with van der Waals surface area (Å²) in [5.41, 5.74) is 0. The summed E-state index contributed by atoms with van der Waals surface area (Å²) in [7, 11) is 0. The van der Waals surface area contributed by atoms with Crippen LogP contribution in [0, 0.1) is 0 Å². The van der Waals surface area contributed by atoms with Crippen molar-refractivity contribution in [1.82, 2.24) is 4.90 Å². The Morgan fingerprint density at radius 3 is 2.76 bits per heavy atom. The van der Waals surface area contributed by atoms with Gasteiger partial charge in [-0.05, 0) is 31.5 Å². The molecule has 0 radical (unpaired) electrons. The molecule has 5 nitrogen and oxygen atoms in total. The lowest BCUT2D eigenvalue weighted by Gasteiger charge is -2.26. The van der Waals surface area contributed by atoms with Crippen molar-refractivity contribution in [1.29, 1.82) is 0 Å². The molecule has 0 bridgehead atoms. The average Bonchev–Trinajstić information content (AvgIpc) is 2.56. The van der Waals surface area contributed by atoms with Gasteiger partial charge in [0, 0.05) is 13.1 Å². The lowest BCUT2D eigenvalue weighted by Crippen LogP contribution is -2.36. The first-order valence-corrected chi connectivity index (χ1v) is 7.75. The van der Waals surface area contributed by atoms with E-state index in [1.165, 1.54) is 0 Å². The molecule has 3 rings (SSSR count). The Hall–Kier alpha value is -1.46. The molecule has 1 aromatic carbocycles. The van der Waals surface area contributed by atoms with Crippen LogP contribution in [0.15, 0.2) is 18.2 Å². The first-order valence-electron chi connectivity index (χ1n) is 7.75. The van der Waals surface area contributed by atoms with Gasteiger partial charge in [-0.15, -0.1) is 0 Å². The van der Waals surface area contributed by atoms with Gasteiger partial charge in [-0.2, -0.15) is 0 Å². The molecule has 0 amide bonds. The van der Waals surface area contributed by atoms with Crippen LogP contribution < -0.4 is 14.2 Å². The number of nitrogens with zero attached hydrogens (tertiary/aromatic N) is 1. The fourth-order valence-electron chi connectivity index (χ4n) is 2.61. The molecule has 5 heteroatoms. The Kier molecular flexibility index (Phi) is 5.18. The summed E-state index contributed by atoms with van der Waals surface area (Å²) in [5.74, 6) is 2.32. The molecule has 116 valence electrons. The summed E-state index contributed by atoms with van der Waals surface area (Å²) in [6, 6.07) is 5.80. The molecule has 0 N–H and O–H groups in total. The average molecular weight is 293 g/mol. The van der Waals surface area contributed by atoms with Crippen LogP contribution >= 0.6 is 0 Å². The van der Waals surface area contributed by atoms with Crippen LogP contribution in [0.4, 0.5) is 0 Å². The number of ether oxygens (including phenoxy) is 4. The number of fused-ring (bicyclic) bond motifs is 1. The van der Waals surface area contributed by atoms with Crippen LogP contribution in [0.3, 0.4) is 0 Å². The molecule has 21 heavy (non-hydrogen) atoms. The van der Waals surface area contributed by atoms with Crippen molar-refractivity contribution in [3.8, 4) is 17.2 Å². The zero-order valence-corrected chi connectivity index (χ0v) is 12.4. The van der Waals surface area contributed by atoms with E-state index < -0.39 is 0 Å². The minimum absolute atomic E-state index is 0.588. The summed E-state index contributed by atoms with van der Waals surface area (Å²) in [6.07, 6.45) is 2.19. The number of rotatable bonds is 6. The molecule has 1 fully saturated rings. The zero-order chi connectivity index (χ0) is 14.3. The molecule has 0 aliphatic carbocycles. The van der Waals surface area contributed by atoms with Crippen molar-refractivity contribution < 1.29 is 18.9 Å². The Balaban J connectivity index is 1.39. The third-order valence-corrected chi connectivity index (χ3v) is 3.76. The monoisotopic (exact) mass is 293 g/mol. The van der Waals surface area contributed by atoms with Crippen molar-refractivity contribution in [2.24, 2.45) is 0 Å². The van der Waals surface area contributed by atoms with E-state index in [9.17, 15) is 0 Å². The fourth-order valence-corrected chi connectivity index (χ4v) is 2.61. The second-order valence-corrected chi connectivity index (χ2v) is 5.29. The van der Waals surface area contributed by atoms with E-state index in [2.05, 4.69) is 4.90 Å². The van der Waals surface area contributed by atoms with E-state index in [0.29, 0.717) is 19.8 Å². The van der Waals surface area contributed by atoms with E-state index >= 15 is 0 Å². The third kappa shape index (κ3) is 4.02. The molecule has 2 aliphatic rings. The first-order chi connectivity index (χ1) is 10.4. The number of benzene rings is 1. The fraction of sp³-hybridized carbons (Fsp3) is 0.625. The Bertz CT molecular complexity index is 446. The van der Waals surface area contributed by atoms with E-state index in [4.69, 9.17) is 18.9 Å². The number of hydrogen-bond acceptors (Lipinski definition) is 5. The molecular weight excluding hydrogens is 270 g/mol. The summed E-state index contributed by atoms with van der Waals surface area (Å²) in [5, 5.41) is 0. The van der Waals surface area contributed by atoms with Gasteiger partial charge >= 0.3 is 0 Å². The van der Waals surface area contributed by atoms with Crippen LogP contribution in [0.5, 0.6) is 17.2 Å². The summed E-state index contributed by atoms with van der Waals surface area (Å²) in [6.45, 7) is 6.87. The number of hydrogen-bond donors (Lipinski definition) is 0. The van der Waals surface area contributed by atoms with E-state index in [0.717, 1.165) is 62.9 Å². The Labute approximate surface area is 125 Å². The van der Waals surface area contributed by atoms with Gasteiger partial charge in [0.15, 0.2) is 11.5 Å². The van der Waals surface area contributed by atoms with Crippen molar-refractivity contribution in [3.63, 3.8) is 0 Å². The van der Waals surface area contributed by atoms with Crippen LogP contribution in [0.25, 0.3) is 0 Å². The van der Waals surface area contributed by atoms with E-state index in [1.54, 1.807) is 0 Å². The van der Waals surface area contributed by atoms with Gasteiger partial charge in [-0.25, -0.2) is 0 Å². The topological polar surface area (TPSA) is 40.2 Å². The van der Waals surface area contributed by atoms with Gasteiger partial charge in [-0.1, -0.05) is 6.07 Å². The summed E-state index contributed by atoms with van der Waals surface area (Å²) in [4.78, 5) is 2.45. The zero-order valence-electron chi connectivity index (χ0n) is 12.4. The highest BCUT2D eigenvalue weighted by Crippen LogP contribution is 2.38. The predicted molar refractivity (Wildman–Crippen MR) is 79.4 cm³/mol. The molecular formula is C16H23NO4. The van der Waals surface area contributed by atoms with Gasteiger partial charge in [0.1, 0.15) is 13.2 Å². The highest BCUT2D eigenvalue weighted by molar-refractivity contribution is 5.51. The minimum atomic E-state index is 0.588. The third-order valence-electron chi connectivity index (χ3n) is 3.76. The van der Waals surface area contributed by atoms with Crippen molar-refractivity contribution >= 4 is 0 Å². The molecule has 0 spiro atoms. The maximum atomic E-state index is 5.85. The van der Waals surface area contributed by atoms with Crippen molar-refractivity contribution in [2.45, 2.75) is 12.8 Å². The molecule has 1 saturated heterocycles. The largest absolute Gasteiger partial charge is 0.490 e. The van der Waals surface area contributed by atoms with E-state index in [1.807, 2.05) is 18.2 Å². The molecule has 1 aromatic rings. The molecule has 0 saturated carbocycles. The highest BCUT2D eigenvalue weighted by Gasteiger charge is 2.16. The quantitative estimate of drug-likeness (QED) is 0.750. The normalized spacial score (nSPS) is 18.5. The van der Waals surface area contributed by atoms with E-state index in [-0.39, 0.29) is 0 Å². The van der Waals surface area contributed by atoms with Crippen molar-refractivity contribution in [3.05, 3.63) is 18.2 Å². The number of morpholine rings is 1. The molecule has 2 heterocycles. The summed E-state index contributed by atoms with van der Waals surface area (Å²) >= 11 is 0. The SMILES string of the molecule is c1cc(OCCCCN2CCOCC2)c2c(c1)OCCO2. The Morgan fingerprint density at radius 1 is 1.00 bits per heavy atom. The predicted octanol–water partition coefficient (Wildman–Crippen LogP) is 1.95. The lowest BCUT2D eigenvalue weighted by atomic mass is 10.2. The molecule has 0 aromatic heterocycles. The van der Waals surface area contributed by atoms with Crippen LogP contribution in [0.2, 0.25) is 0 Å².